The Balaban J connectivity index is 1.68. The third-order valence-electron chi connectivity index (χ3n) is 5.73. The molecule has 2 aromatic rings. The van der Waals surface area contributed by atoms with E-state index < -0.39 is 41.0 Å². The number of aromatic nitrogens is 1. The second-order valence-corrected chi connectivity index (χ2v) is 7.78. The number of aromatic hydroxyl groups is 1. The molecule has 1 fully saturated rings. The molecule has 0 saturated carbocycles. The zero-order valence-electron chi connectivity index (χ0n) is 16.4. The molecule has 158 valence electrons. The van der Waals surface area contributed by atoms with Gasteiger partial charge in [-0.15, -0.1) is 0 Å². The lowest BCUT2D eigenvalue weighted by atomic mass is 10.0. The largest absolute Gasteiger partial charge is 0.503 e. The van der Waals surface area contributed by atoms with Crippen LogP contribution in [0.2, 0.25) is 0 Å². The SMILES string of the molecule is Cc1ccc(CNC(=O)c2cn3c(c(O)c2=O)C(=O)N2CCCC(O)C3C2)c(F)c1. The number of aliphatic hydroxyl groups excluding tert-OH is 1. The molecule has 2 amide bonds. The molecule has 2 aliphatic rings. The molecule has 9 heteroatoms. The van der Waals surface area contributed by atoms with Gasteiger partial charge in [0, 0.05) is 31.4 Å². The van der Waals surface area contributed by atoms with E-state index in [9.17, 15) is 29.0 Å². The van der Waals surface area contributed by atoms with E-state index in [-0.39, 0.29) is 29.9 Å². The van der Waals surface area contributed by atoms with E-state index in [1.165, 1.54) is 27.8 Å². The molecule has 1 aromatic heterocycles. The van der Waals surface area contributed by atoms with Gasteiger partial charge in [-0.2, -0.15) is 0 Å². The van der Waals surface area contributed by atoms with E-state index in [0.29, 0.717) is 19.4 Å². The molecular weight excluding hydrogens is 393 g/mol. The Labute approximate surface area is 171 Å². The minimum absolute atomic E-state index is 0.147. The smallest absolute Gasteiger partial charge is 0.274 e. The molecular formula is C21H22FN3O5. The summed E-state index contributed by atoms with van der Waals surface area (Å²) in [5.41, 5.74) is -0.590. The van der Waals surface area contributed by atoms with Crippen LogP contribution in [0, 0.1) is 12.7 Å². The lowest BCUT2D eigenvalue weighted by Gasteiger charge is -2.35. The van der Waals surface area contributed by atoms with E-state index in [4.69, 9.17) is 0 Å². The standard InChI is InChI=1S/C21H22FN3O5/c1-11-4-5-12(14(22)7-11)8-23-20(29)13-9-25-15-10-24(6-2-3-16(15)26)21(30)17(25)19(28)18(13)27/h4-5,7,9,15-16,26,28H,2-3,6,8,10H2,1H3,(H,23,29). The number of halogens is 1. The van der Waals surface area contributed by atoms with Crippen molar-refractivity contribution in [3.05, 3.63) is 62.8 Å². The fraction of sp³-hybridized carbons (Fsp3) is 0.381. The molecule has 2 unspecified atom stereocenters. The Morgan fingerprint density at radius 1 is 1.33 bits per heavy atom. The first-order valence-electron chi connectivity index (χ1n) is 9.76. The molecule has 8 nitrogen and oxygen atoms in total. The Kier molecular flexibility index (Phi) is 5.07. The summed E-state index contributed by atoms with van der Waals surface area (Å²) in [6.45, 7) is 2.24. The highest BCUT2D eigenvalue weighted by Crippen LogP contribution is 2.32. The van der Waals surface area contributed by atoms with Crippen LogP contribution in [0.4, 0.5) is 4.39 Å². The van der Waals surface area contributed by atoms with Gasteiger partial charge >= 0.3 is 0 Å². The second kappa shape index (κ2) is 7.56. The zero-order chi connectivity index (χ0) is 21.6. The zero-order valence-corrected chi connectivity index (χ0v) is 16.4. The van der Waals surface area contributed by atoms with Crippen molar-refractivity contribution >= 4 is 11.8 Å². The topological polar surface area (TPSA) is 112 Å². The van der Waals surface area contributed by atoms with Crippen LogP contribution >= 0.6 is 0 Å². The van der Waals surface area contributed by atoms with Crippen LogP contribution < -0.4 is 10.7 Å². The molecule has 3 N–H and O–H groups in total. The Morgan fingerprint density at radius 2 is 2.10 bits per heavy atom. The number of nitrogens with zero attached hydrogens (tertiary/aromatic N) is 2. The maximum absolute atomic E-state index is 14.0. The number of hydrogen-bond acceptors (Lipinski definition) is 5. The van der Waals surface area contributed by atoms with Crippen LogP contribution in [0.15, 0.2) is 29.2 Å². The first-order valence-corrected chi connectivity index (χ1v) is 9.76. The first-order chi connectivity index (χ1) is 14.3. The number of aliphatic hydroxyl groups is 1. The van der Waals surface area contributed by atoms with Crippen molar-refractivity contribution < 1.29 is 24.2 Å². The summed E-state index contributed by atoms with van der Waals surface area (Å²) in [6, 6.07) is 4.01. The fourth-order valence-electron chi connectivity index (χ4n) is 4.05. The number of benzene rings is 1. The summed E-state index contributed by atoms with van der Waals surface area (Å²) < 4.78 is 15.3. The van der Waals surface area contributed by atoms with E-state index in [0.717, 1.165) is 5.56 Å². The highest BCUT2D eigenvalue weighted by molar-refractivity contribution is 5.99. The maximum atomic E-state index is 14.0. The molecule has 0 radical (unpaired) electrons. The van der Waals surface area contributed by atoms with E-state index in [1.807, 2.05) is 0 Å². The van der Waals surface area contributed by atoms with E-state index in [2.05, 4.69) is 5.32 Å². The second-order valence-electron chi connectivity index (χ2n) is 7.78. The number of nitrogens with one attached hydrogen (secondary N) is 1. The molecule has 0 aliphatic carbocycles. The number of aryl methyl sites for hydroxylation is 1. The number of hydrogen-bond donors (Lipinski definition) is 3. The molecule has 1 saturated heterocycles. The third kappa shape index (κ3) is 3.35. The minimum atomic E-state index is -0.981. The molecule has 1 aromatic carbocycles. The molecule has 4 rings (SSSR count). The minimum Gasteiger partial charge on any atom is -0.503 e. The van der Waals surface area contributed by atoms with Gasteiger partial charge in [0.1, 0.15) is 11.4 Å². The van der Waals surface area contributed by atoms with Crippen LogP contribution in [0.3, 0.4) is 0 Å². The summed E-state index contributed by atoms with van der Waals surface area (Å²) in [6.07, 6.45) is 1.46. The van der Waals surface area contributed by atoms with Crippen molar-refractivity contribution in [3.8, 4) is 5.75 Å². The Morgan fingerprint density at radius 3 is 2.83 bits per heavy atom. The predicted molar refractivity (Wildman–Crippen MR) is 105 cm³/mol. The van der Waals surface area contributed by atoms with Gasteiger partial charge in [0.05, 0.1) is 12.1 Å². The summed E-state index contributed by atoms with van der Waals surface area (Å²) in [5.74, 6) is -2.61. The molecule has 2 atom stereocenters. The van der Waals surface area contributed by atoms with Crippen molar-refractivity contribution in [2.45, 2.75) is 38.5 Å². The van der Waals surface area contributed by atoms with Crippen LogP contribution in [-0.2, 0) is 6.54 Å². The molecule has 0 spiro atoms. The maximum Gasteiger partial charge on any atom is 0.274 e. The number of carbonyl (C=O) groups is 2. The van der Waals surface area contributed by atoms with Crippen LogP contribution in [-0.4, -0.2) is 50.7 Å². The van der Waals surface area contributed by atoms with Crippen molar-refractivity contribution in [1.82, 2.24) is 14.8 Å². The van der Waals surface area contributed by atoms with Crippen molar-refractivity contribution in [3.63, 3.8) is 0 Å². The summed E-state index contributed by atoms with van der Waals surface area (Å²) in [7, 11) is 0. The highest BCUT2D eigenvalue weighted by atomic mass is 19.1. The average molecular weight is 415 g/mol. The highest BCUT2D eigenvalue weighted by Gasteiger charge is 2.39. The average Bonchev–Trinajstić information content (AvgIpc) is 2.87. The first kappa shape index (κ1) is 20.1. The number of fused-ring (bicyclic) bond motifs is 4. The lowest BCUT2D eigenvalue weighted by molar-refractivity contribution is 0.0558. The summed E-state index contributed by atoms with van der Waals surface area (Å²) in [4.78, 5) is 39.4. The molecule has 2 aliphatic heterocycles. The van der Waals surface area contributed by atoms with Crippen molar-refractivity contribution in [2.75, 3.05) is 13.1 Å². The normalized spacial score (nSPS) is 20.5. The summed E-state index contributed by atoms with van der Waals surface area (Å²) >= 11 is 0. The number of rotatable bonds is 3. The van der Waals surface area contributed by atoms with Crippen LogP contribution in [0.25, 0.3) is 0 Å². The van der Waals surface area contributed by atoms with Gasteiger partial charge in [-0.3, -0.25) is 14.4 Å². The molecule has 2 bridgehead atoms. The van der Waals surface area contributed by atoms with E-state index >= 15 is 0 Å². The fourth-order valence-corrected chi connectivity index (χ4v) is 4.05. The van der Waals surface area contributed by atoms with Gasteiger partial charge in [0.15, 0.2) is 11.4 Å². The van der Waals surface area contributed by atoms with Gasteiger partial charge in [-0.05, 0) is 31.4 Å². The number of carbonyl (C=O) groups excluding carboxylic acids is 2. The van der Waals surface area contributed by atoms with E-state index in [1.54, 1.807) is 13.0 Å². The number of amides is 2. The van der Waals surface area contributed by atoms with Gasteiger partial charge in [-0.1, -0.05) is 12.1 Å². The lowest BCUT2D eigenvalue weighted by Crippen LogP contribution is -2.46. The number of pyridine rings is 1. The quantitative estimate of drug-likeness (QED) is 0.695. The van der Waals surface area contributed by atoms with Gasteiger partial charge < -0.3 is 25.0 Å². The Bertz CT molecular complexity index is 1100. The van der Waals surface area contributed by atoms with Gasteiger partial charge in [-0.25, -0.2) is 4.39 Å². The molecule has 3 heterocycles. The van der Waals surface area contributed by atoms with Crippen molar-refractivity contribution in [2.24, 2.45) is 0 Å². The van der Waals surface area contributed by atoms with Crippen LogP contribution in [0.5, 0.6) is 5.75 Å². The third-order valence-corrected chi connectivity index (χ3v) is 5.73. The monoisotopic (exact) mass is 415 g/mol. The van der Waals surface area contributed by atoms with Crippen molar-refractivity contribution in [1.29, 1.82) is 0 Å². The van der Waals surface area contributed by atoms with Gasteiger partial charge in [0.25, 0.3) is 11.8 Å². The van der Waals surface area contributed by atoms with Gasteiger partial charge in [0.2, 0.25) is 5.43 Å². The molecule has 30 heavy (non-hydrogen) atoms. The summed E-state index contributed by atoms with van der Waals surface area (Å²) in [5, 5.41) is 23.4. The predicted octanol–water partition coefficient (Wildman–Crippen LogP) is 1.08. The Hall–Kier alpha value is -3.20. The van der Waals surface area contributed by atoms with Crippen LogP contribution in [0.1, 0.15) is 50.9 Å².